The van der Waals surface area contributed by atoms with Crippen LogP contribution in [-0.2, 0) is 0 Å². The molecule has 4 nitrogen and oxygen atoms in total. The van der Waals surface area contributed by atoms with Crippen LogP contribution in [0.15, 0.2) is 109 Å². The molecule has 0 aliphatic carbocycles. The SMILES string of the molecule is CCN1c2cc(-c3nc4ccccc4s3)ccc2N(c2ccccc2)C1C=CNc1ccccc1C. The van der Waals surface area contributed by atoms with Crippen LogP contribution in [0.25, 0.3) is 20.8 Å². The molecule has 2 heterocycles. The number of thiazole rings is 1. The maximum atomic E-state index is 4.91. The van der Waals surface area contributed by atoms with Crippen LogP contribution in [0.3, 0.4) is 0 Å². The number of nitrogens with zero attached hydrogens (tertiary/aromatic N) is 3. The minimum atomic E-state index is 0.0505. The zero-order valence-electron chi connectivity index (χ0n) is 20.4. The molecule has 1 atom stereocenters. The predicted octanol–water partition coefficient (Wildman–Crippen LogP) is 8.20. The fraction of sp³-hybridized carbons (Fsp3) is 0.129. The summed E-state index contributed by atoms with van der Waals surface area (Å²) >= 11 is 1.75. The molecule has 36 heavy (non-hydrogen) atoms. The van der Waals surface area contributed by atoms with Crippen molar-refractivity contribution in [2.24, 2.45) is 0 Å². The largest absolute Gasteiger partial charge is 0.362 e. The molecular formula is C31H28N4S. The smallest absolute Gasteiger partial charge is 0.127 e. The second-order valence-electron chi connectivity index (χ2n) is 8.91. The lowest BCUT2D eigenvalue weighted by atomic mass is 10.1. The third-order valence-electron chi connectivity index (χ3n) is 6.70. The molecule has 0 spiro atoms. The van der Waals surface area contributed by atoms with Crippen molar-refractivity contribution in [3.8, 4) is 10.6 Å². The number of aryl methyl sites for hydroxylation is 1. The Morgan fingerprint density at radius 2 is 1.67 bits per heavy atom. The molecule has 178 valence electrons. The molecule has 0 radical (unpaired) electrons. The van der Waals surface area contributed by atoms with Gasteiger partial charge in [-0.3, -0.25) is 0 Å². The van der Waals surface area contributed by atoms with E-state index in [0.29, 0.717) is 0 Å². The summed E-state index contributed by atoms with van der Waals surface area (Å²) in [5.41, 5.74) is 8.17. The average Bonchev–Trinajstić information content (AvgIpc) is 3.49. The van der Waals surface area contributed by atoms with Gasteiger partial charge < -0.3 is 15.1 Å². The van der Waals surface area contributed by atoms with Gasteiger partial charge in [0.1, 0.15) is 11.2 Å². The Labute approximate surface area is 216 Å². The van der Waals surface area contributed by atoms with Crippen molar-refractivity contribution in [3.05, 3.63) is 115 Å². The first-order valence-electron chi connectivity index (χ1n) is 12.3. The molecule has 0 saturated heterocycles. The molecule has 0 bridgehead atoms. The molecule has 6 rings (SSSR count). The third kappa shape index (κ3) is 4.01. The lowest BCUT2D eigenvalue weighted by molar-refractivity contribution is 0.748. The van der Waals surface area contributed by atoms with Gasteiger partial charge in [-0.15, -0.1) is 11.3 Å². The summed E-state index contributed by atoms with van der Waals surface area (Å²) in [7, 11) is 0. The van der Waals surface area contributed by atoms with Crippen molar-refractivity contribution in [2.45, 2.75) is 20.0 Å². The van der Waals surface area contributed by atoms with E-state index in [4.69, 9.17) is 4.98 Å². The number of anilines is 4. The third-order valence-corrected chi connectivity index (χ3v) is 7.78. The van der Waals surface area contributed by atoms with Crippen LogP contribution in [0.1, 0.15) is 12.5 Å². The molecule has 0 fully saturated rings. The number of benzene rings is 4. The topological polar surface area (TPSA) is 31.4 Å². The molecule has 5 aromatic rings. The zero-order valence-corrected chi connectivity index (χ0v) is 21.2. The van der Waals surface area contributed by atoms with Gasteiger partial charge in [0.15, 0.2) is 0 Å². The molecule has 4 aromatic carbocycles. The van der Waals surface area contributed by atoms with Crippen LogP contribution in [-0.4, -0.2) is 17.7 Å². The van der Waals surface area contributed by atoms with Gasteiger partial charge in [0, 0.05) is 29.7 Å². The number of nitrogens with one attached hydrogen (secondary N) is 1. The van der Waals surface area contributed by atoms with Crippen molar-refractivity contribution >= 4 is 44.3 Å². The lowest BCUT2D eigenvalue weighted by Crippen LogP contribution is -2.39. The maximum absolute atomic E-state index is 4.91. The van der Waals surface area contributed by atoms with Crippen molar-refractivity contribution in [2.75, 3.05) is 21.7 Å². The minimum absolute atomic E-state index is 0.0505. The number of hydrogen-bond acceptors (Lipinski definition) is 5. The van der Waals surface area contributed by atoms with Crippen LogP contribution in [0.4, 0.5) is 22.7 Å². The van der Waals surface area contributed by atoms with E-state index in [0.717, 1.165) is 28.3 Å². The van der Waals surface area contributed by atoms with Crippen LogP contribution < -0.4 is 15.1 Å². The van der Waals surface area contributed by atoms with E-state index >= 15 is 0 Å². The highest BCUT2D eigenvalue weighted by Crippen LogP contribution is 2.46. The van der Waals surface area contributed by atoms with Gasteiger partial charge in [0.25, 0.3) is 0 Å². The first kappa shape index (κ1) is 22.4. The Hall–Kier alpha value is -4.09. The molecular weight excluding hydrogens is 460 g/mol. The van der Waals surface area contributed by atoms with Gasteiger partial charge in [0.05, 0.1) is 21.6 Å². The molecule has 1 aromatic heterocycles. The summed E-state index contributed by atoms with van der Waals surface area (Å²) in [5, 5.41) is 4.55. The Balaban J connectivity index is 1.40. The Morgan fingerprint density at radius 3 is 2.47 bits per heavy atom. The van der Waals surface area contributed by atoms with Gasteiger partial charge in [-0.1, -0.05) is 48.5 Å². The number of fused-ring (bicyclic) bond motifs is 2. The predicted molar refractivity (Wildman–Crippen MR) is 154 cm³/mol. The number of likely N-dealkylation sites (N-methyl/N-ethyl adjacent to an activating group) is 1. The fourth-order valence-corrected chi connectivity index (χ4v) is 5.86. The summed E-state index contributed by atoms with van der Waals surface area (Å²) in [6, 6.07) is 34.1. The normalized spacial score (nSPS) is 15.1. The van der Waals surface area contributed by atoms with E-state index < -0.39 is 0 Å². The molecule has 0 saturated carbocycles. The molecule has 1 N–H and O–H groups in total. The monoisotopic (exact) mass is 488 g/mol. The first-order valence-corrected chi connectivity index (χ1v) is 13.1. The van der Waals surface area contributed by atoms with Crippen LogP contribution in [0.2, 0.25) is 0 Å². The second kappa shape index (κ2) is 9.51. The van der Waals surface area contributed by atoms with Gasteiger partial charge in [0.2, 0.25) is 0 Å². The number of rotatable bonds is 6. The van der Waals surface area contributed by atoms with E-state index in [9.17, 15) is 0 Å². The van der Waals surface area contributed by atoms with E-state index in [-0.39, 0.29) is 6.17 Å². The summed E-state index contributed by atoms with van der Waals surface area (Å²) < 4.78 is 1.22. The average molecular weight is 489 g/mol. The van der Waals surface area contributed by atoms with Crippen molar-refractivity contribution < 1.29 is 0 Å². The Kier molecular flexibility index (Phi) is 5.91. The lowest BCUT2D eigenvalue weighted by Gasteiger charge is -2.30. The highest BCUT2D eigenvalue weighted by molar-refractivity contribution is 7.21. The summed E-state index contributed by atoms with van der Waals surface area (Å²) in [6.07, 6.45) is 4.38. The van der Waals surface area contributed by atoms with Crippen LogP contribution in [0.5, 0.6) is 0 Å². The van der Waals surface area contributed by atoms with Gasteiger partial charge in [-0.25, -0.2) is 4.98 Å². The van der Waals surface area contributed by atoms with Crippen molar-refractivity contribution in [1.82, 2.24) is 4.98 Å². The van der Waals surface area contributed by atoms with E-state index in [2.05, 4.69) is 132 Å². The molecule has 1 aliphatic rings. The van der Waals surface area contributed by atoms with E-state index in [1.165, 1.54) is 27.3 Å². The Morgan fingerprint density at radius 1 is 0.889 bits per heavy atom. The second-order valence-corrected chi connectivity index (χ2v) is 9.94. The van der Waals surface area contributed by atoms with Gasteiger partial charge in [-0.2, -0.15) is 0 Å². The number of para-hydroxylation sites is 3. The molecule has 5 heteroatoms. The fourth-order valence-electron chi connectivity index (χ4n) is 4.90. The van der Waals surface area contributed by atoms with Crippen molar-refractivity contribution in [1.29, 1.82) is 0 Å². The van der Waals surface area contributed by atoms with E-state index in [1.807, 2.05) is 6.07 Å². The van der Waals surface area contributed by atoms with Gasteiger partial charge >= 0.3 is 0 Å². The maximum Gasteiger partial charge on any atom is 0.127 e. The van der Waals surface area contributed by atoms with E-state index in [1.54, 1.807) is 11.3 Å². The summed E-state index contributed by atoms with van der Waals surface area (Å²) in [6.45, 7) is 5.23. The molecule has 1 unspecified atom stereocenters. The Bertz CT molecular complexity index is 1510. The summed E-state index contributed by atoms with van der Waals surface area (Å²) in [5.74, 6) is 0. The van der Waals surface area contributed by atoms with Gasteiger partial charge in [-0.05, 0) is 74.0 Å². The highest BCUT2D eigenvalue weighted by Gasteiger charge is 2.34. The highest BCUT2D eigenvalue weighted by atomic mass is 32.1. The number of hydrogen-bond donors (Lipinski definition) is 1. The van der Waals surface area contributed by atoms with Crippen LogP contribution in [0, 0.1) is 6.92 Å². The summed E-state index contributed by atoms with van der Waals surface area (Å²) in [4.78, 5) is 9.78. The first-order chi connectivity index (χ1) is 17.7. The standard InChI is InChI=1S/C31H28N4S/c1-3-34-28-21-23(31-33-26-15-9-10-16-29(26)36-31)17-18-27(28)35(24-12-5-4-6-13-24)30(34)19-20-32-25-14-8-7-11-22(25)2/h4-21,30,32H,3H2,1-2H3. The minimum Gasteiger partial charge on any atom is -0.362 e. The van der Waals surface area contributed by atoms with Crippen LogP contribution >= 0.6 is 11.3 Å². The van der Waals surface area contributed by atoms with Crippen molar-refractivity contribution in [3.63, 3.8) is 0 Å². The molecule has 1 aliphatic heterocycles. The zero-order chi connectivity index (χ0) is 24.5. The number of aromatic nitrogens is 1. The molecule has 0 amide bonds. The quantitative estimate of drug-likeness (QED) is 0.261.